The molecule has 11 rings (SSSR count). The summed E-state index contributed by atoms with van der Waals surface area (Å²) in [6, 6.07) is 51.0. The van der Waals surface area contributed by atoms with E-state index >= 15 is 0 Å². The lowest BCUT2D eigenvalue weighted by atomic mass is 9.33. The van der Waals surface area contributed by atoms with E-state index < -0.39 is 0 Å². The molecular weight excluding hydrogens is 577 g/mol. The van der Waals surface area contributed by atoms with Crippen LogP contribution in [0.1, 0.15) is 0 Å². The molecule has 218 valence electrons. The molecule has 1 aromatic heterocycles. The largest absolute Gasteiger partial charge is 0.458 e. The van der Waals surface area contributed by atoms with E-state index in [1.54, 1.807) is 0 Å². The van der Waals surface area contributed by atoms with Crippen LogP contribution in [0.2, 0.25) is 0 Å². The van der Waals surface area contributed by atoms with Gasteiger partial charge >= 0.3 is 0 Å². The normalized spacial score (nSPS) is 13.4. The highest BCUT2D eigenvalue weighted by Crippen LogP contribution is 2.47. The van der Waals surface area contributed by atoms with E-state index in [0.717, 1.165) is 89.7 Å². The minimum absolute atomic E-state index is 0.000209. The van der Waals surface area contributed by atoms with Crippen LogP contribution in [0.25, 0.3) is 44.2 Å². The highest BCUT2D eigenvalue weighted by molar-refractivity contribution is 7.00. The third kappa shape index (κ3) is 3.43. The van der Waals surface area contributed by atoms with Crippen LogP contribution in [0, 0.1) is 0 Å². The molecule has 0 radical (unpaired) electrons. The number of benzene rings is 7. The third-order valence-corrected chi connectivity index (χ3v) is 9.92. The van der Waals surface area contributed by atoms with Gasteiger partial charge in [-0.2, -0.15) is 0 Å². The average Bonchev–Trinajstić information content (AvgIpc) is 3.50. The van der Waals surface area contributed by atoms with Crippen molar-refractivity contribution in [3.05, 3.63) is 146 Å². The maximum atomic E-state index is 6.94. The van der Waals surface area contributed by atoms with E-state index in [0.29, 0.717) is 0 Å². The van der Waals surface area contributed by atoms with E-state index in [1.165, 1.54) is 10.9 Å². The fourth-order valence-electron chi connectivity index (χ4n) is 7.91. The molecule has 0 atom stereocenters. The van der Waals surface area contributed by atoms with Crippen LogP contribution >= 0.6 is 0 Å². The standard InChI is InChI=1S/C42H24BNO3/c1-2-11-28(12-3-1)44-32-14-7-17-36-39(32)43-40-33(44)15-8-18-37(40)47-42-29(20-22-38(46-36)41(42)43)27-10-6-9-25(23-27)26-19-21-35-31(24-26)30-13-4-5-16-34(30)45-35/h1-24H. The number of ether oxygens (including phenoxy) is 2. The van der Waals surface area contributed by atoms with Crippen LogP contribution in [-0.4, -0.2) is 6.71 Å². The van der Waals surface area contributed by atoms with Crippen molar-refractivity contribution < 1.29 is 13.9 Å². The van der Waals surface area contributed by atoms with Crippen molar-refractivity contribution in [2.75, 3.05) is 4.90 Å². The van der Waals surface area contributed by atoms with Gasteiger partial charge in [0.05, 0.1) is 0 Å². The van der Waals surface area contributed by atoms with Gasteiger partial charge in [0.2, 0.25) is 0 Å². The topological polar surface area (TPSA) is 34.8 Å². The predicted molar refractivity (Wildman–Crippen MR) is 191 cm³/mol. The van der Waals surface area contributed by atoms with E-state index in [1.807, 2.05) is 12.1 Å². The fraction of sp³-hybridized carbons (Fsp3) is 0. The number of furan rings is 1. The lowest BCUT2D eigenvalue weighted by Gasteiger charge is -2.43. The highest BCUT2D eigenvalue weighted by Gasteiger charge is 2.47. The molecular formula is C42H24BNO3. The van der Waals surface area contributed by atoms with Gasteiger partial charge in [0.25, 0.3) is 6.71 Å². The predicted octanol–water partition coefficient (Wildman–Crippen LogP) is 9.43. The molecule has 5 heteroatoms. The molecule has 3 aliphatic rings. The van der Waals surface area contributed by atoms with Gasteiger partial charge in [-0.25, -0.2) is 0 Å². The Labute approximate surface area is 271 Å². The molecule has 0 saturated carbocycles. The maximum Gasteiger partial charge on any atom is 0.266 e. The minimum Gasteiger partial charge on any atom is -0.458 e. The quantitative estimate of drug-likeness (QED) is 0.189. The zero-order chi connectivity index (χ0) is 30.6. The third-order valence-electron chi connectivity index (χ3n) is 9.92. The zero-order valence-corrected chi connectivity index (χ0v) is 25.1. The maximum absolute atomic E-state index is 6.94. The van der Waals surface area contributed by atoms with Gasteiger partial charge in [0.15, 0.2) is 0 Å². The molecule has 0 saturated heterocycles. The number of anilines is 3. The number of hydrogen-bond donors (Lipinski definition) is 0. The van der Waals surface area contributed by atoms with Crippen LogP contribution in [0.5, 0.6) is 23.0 Å². The Balaban J connectivity index is 1.09. The second-order valence-electron chi connectivity index (χ2n) is 12.4. The number of rotatable bonds is 3. The SMILES string of the molecule is c1ccc(N2c3cccc4c3B3c5c(cccc52)Oc2c(-c5cccc(-c6ccc7oc8ccccc8c7c6)c5)ccc(c23)O4)cc1. The molecule has 0 fully saturated rings. The minimum atomic E-state index is -0.000209. The molecule has 0 bridgehead atoms. The molecule has 3 aliphatic heterocycles. The van der Waals surface area contributed by atoms with Crippen molar-refractivity contribution in [3.63, 3.8) is 0 Å². The van der Waals surface area contributed by atoms with Crippen LogP contribution in [0.15, 0.2) is 150 Å². The number of hydrogen-bond acceptors (Lipinski definition) is 4. The molecule has 8 aromatic rings. The Hall–Kier alpha value is -6.20. The highest BCUT2D eigenvalue weighted by atomic mass is 16.5. The summed E-state index contributed by atoms with van der Waals surface area (Å²) in [7, 11) is 0. The average molecular weight is 601 g/mol. The summed E-state index contributed by atoms with van der Waals surface area (Å²) in [5.41, 5.74) is 13.1. The molecule has 0 amide bonds. The summed E-state index contributed by atoms with van der Waals surface area (Å²) >= 11 is 0. The molecule has 0 aliphatic carbocycles. The van der Waals surface area contributed by atoms with Crippen molar-refractivity contribution in [2.45, 2.75) is 0 Å². The Bertz CT molecular complexity index is 2590. The summed E-state index contributed by atoms with van der Waals surface area (Å²) in [6.45, 7) is -0.000209. The lowest BCUT2D eigenvalue weighted by Crippen LogP contribution is -2.61. The Morgan fingerprint density at radius 2 is 1.13 bits per heavy atom. The number of para-hydroxylation sites is 2. The van der Waals surface area contributed by atoms with Gasteiger partial charge in [0, 0.05) is 38.9 Å². The van der Waals surface area contributed by atoms with Gasteiger partial charge in [0.1, 0.15) is 34.2 Å². The van der Waals surface area contributed by atoms with Gasteiger partial charge in [-0.05, 0) is 100 Å². The van der Waals surface area contributed by atoms with Crippen LogP contribution in [-0.2, 0) is 0 Å². The van der Waals surface area contributed by atoms with Crippen molar-refractivity contribution in [1.82, 2.24) is 0 Å². The summed E-state index contributed by atoms with van der Waals surface area (Å²) in [5.74, 6) is 3.49. The van der Waals surface area contributed by atoms with E-state index in [2.05, 4.69) is 138 Å². The van der Waals surface area contributed by atoms with Crippen LogP contribution < -0.4 is 30.8 Å². The van der Waals surface area contributed by atoms with Crippen molar-refractivity contribution in [3.8, 4) is 45.3 Å². The second-order valence-corrected chi connectivity index (χ2v) is 12.4. The van der Waals surface area contributed by atoms with Crippen molar-refractivity contribution >= 4 is 62.1 Å². The first kappa shape index (κ1) is 25.0. The van der Waals surface area contributed by atoms with E-state index in [-0.39, 0.29) is 6.71 Å². The Morgan fingerprint density at radius 3 is 1.98 bits per heavy atom. The second kappa shape index (κ2) is 9.18. The first-order valence-corrected chi connectivity index (χ1v) is 16.0. The smallest absolute Gasteiger partial charge is 0.266 e. The summed E-state index contributed by atoms with van der Waals surface area (Å²) < 4.78 is 19.7. The zero-order valence-electron chi connectivity index (χ0n) is 25.1. The first-order chi connectivity index (χ1) is 23.3. The number of fused-ring (bicyclic) bond motifs is 3. The van der Waals surface area contributed by atoms with Crippen molar-refractivity contribution in [2.24, 2.45) is 0 Å². The lowest BCUT2D eigenvalue weighted by molar-refractivity contribution is 0.465. The summed E-state index contributed by atoms with van der Waals surface area (Å²) in [6.07, 6.45) is 0. The molecule has 47 heavy (non-hydrogen) atoms. The van der Waals surface area contributed by atoms with Gasteiger partial charge < -0.3 is 18.8 Å². The van der Waals surface area contributed by atoms with Crippen LogP contribution in [0.3, 0.4) is 0 Å². The molecule has 0 unspecified atom stereocenters. The van der Waals surface area contributed by atoms with E-state index in [4.69, 9.17) is 13.9 Å². The fourth-order valence-corrected chi connectivity index (χ4v) is 7.91. The van der Waals surface area contributed by atoms with Gasteiger partial charge in [-0.3, -0.25) is 0 Å². The summed E-state index contributed by atoms with van der Waals surface area (Å²) in [5, 5.41) is 2.25. The van der Waals surface area contributed by atoms with Crippen molar-refractivity contribution in [1.29, 1.82) is 0 Å². The number of nitrogens with zero attached hydrogens (tertiary/aromatic N) is 1. The summed E-state index contributed by atoms with van der Waals surface area (Å²) in [4.78, 5) is 2.34. The van der Waals surface area contributed by atoms with Gasteiger partial charge in [-0.1, -0.05) is 72.8 Å². The van der Waals surface area contributed by atoms with E-state index in [9.17, 15) is 0 Å². The molecule has 0 spiro atoms. The molecule has 4 nitrogen and oxygen atoms in total. The van der Waals surface area contributed by atoms with Gasteiger partial charge in [-0.15, -0.1) is 0 Å². The Morgan fingerprint density at radius 1 is 0.447 bits per heavy atom. The monoisotopic (exact) mass is 601 g/mol. The first-order valence-electron chi connectivity index (χ1n) is 16.0. The van der Waals surface area contributed by atoms with Crippen LogP contribution in [0.4, 0.5) is 17.1 Å². The molecule has 4 heterocycles. The molecule has 0 N–H and O–H groups in total. The Kier molecular flexibility index (Phi) is 4.89. The molecule has 7 aromatic carbocycles.